The van der Waals surface area contributed by atoms with Crippen LogP contribution < -0.4 is 4.74 Å². The van der Waals surface area contributed by atoms with Gasteiger partial charge in [0.25, 0.3) is 0 Å². The van der Waals surface area contributed by atoms with E-state index in [9.17, 15) is 9.90 Å². The highest BCUT2D eigenvalue weighted by molar-refractivity contribution is 5.81. The first-order valence-corrected chi connectivity index (χ1v) is 8.28. The number of phenolic OH excluding ortho intramolecular Hbond substituents is 1. The second-order valence-corrected chi connectivity index (χ2v) is 6.52. The van der Waals surface area contributed by atoms with E-state index < -0.39 is 0 Å². The predicted molar refractivity (Wildman–Crippen MR) is 85.4 cm³/mol. The van der Waals surface area contributed by atoms with Crippen LogP contribution in [-0.4, -0.2) is 36.0 Å². The molecule has 0 bridgehead atoms. The molecule has 1 aromatic carbocycles. The Morgan fingerprint density at radius 2 is 2.09 bits per heavy atom. The maximum absolute atomic E-state index is 12.2. The molecule has 0 saturated carbocycles. The van der Waals surface area contributed by atoms with Gasteiger partial charge in [-0.05, 0) is 36.1 Å². The Morgan fingerprint density at radius 3 is 2.82 bits per heavy atom. The minimum absolute atomic E-state index is 0.178. The summed E-state index contributed by atoms with van der Waals surface area (Å²) in [6.07, 6.45) is 5.37. The lowest BCUT2D eigenvalue weighted by atomic mass is 9.71. The van der Waals surface area contributed by atoms with E-state index in [1.807, 2.05) is 12.1 Å². The zero-order valence-corrected chi connectivity index (χ0v) is 13.5. The molecule has 1 atom stereocenters. The van der Waals surface area contributed by atoms with Crippen LogP contribution in [0.3, 0.4) is 0 Å². The first kappa shape index (κ1) is 15.3. The van der Waals surface area contributed by atoms with Crippen molar-refractivity contribution in [3.63, 3.8) is 0 Å². The molecule has 0 radical (unpaired) electrons. The fourth-order valence-electron chi connectivity index (χ4n) is 4.11. The largest absolute Gasteiger partial charge is 0.504 e. The van der Waals surface area contributed by atoms with Gasteiger partial charge in [-0.3, -0.25) is 9.69 Å². The standard InChI is InChI=1S/C18H25NO3/c1-3-4-7-18-12-14(20)6-9-19(18)8-5-13-10-17(22-2)16(21)11-15(13)18/h10-11,21H,3-9,12H2,1-2H3. The third kappa shape index (κ3) is 2.39. The summed E-state index contributed by atoms with van der Waals surface area (Å²) in [6.45, 7) is 4.01. The summed E-state index contributed by atoms with van der Waals surface area (Å²) < 4.78 is 5.25. The number of aromatic hydroxyl groups is 1. The highest BCUT2D eigenvalue weighted by atomic mass is 16.5. The number of phenols is 1. The number of hydrogen-bond acceptors (Lipinski definition) is 4. The van der Waals surface area contributed by atoms with E-state index in [2.05, 4.69) is 11.8 Å². The number of hydrogen-bond donors (Lipinski definition) is 1. The second kappa shape index (κ2) is 5.92. The molecule has 1 unspecified atom stereocenters. The molecule has 1 N–H and O–H groups in total. The first-order valence-electron chi connectivity index (χ1n) is 8.28. The molecular formula is C18H25NO3. The van der Waals surface area contributed by atoms with Gasteiger partial charge in [-0.15, -0.1) is 0 Å². The average Bonchev–Trinajstić information content (AvgIpc) is 2.52. The van der Waals surface area contributed by atoms with Gasteiger partial charge >= 0.3 is 0 Å². The van der Waals surface area contributed by atoms with Gasteiger partial charge in [0, 0.05) is 25.9 Å². The fraction of sp³-hybridized carbons (Fsp3) is 0.611. The molecule has 1 aromatic rings. The minimum atomic E-state index is -0.220. The highest BCUT2D eigenvalue weighted by Gasteiger charge is 2.46. The summed E-state index contributed by atoms with van der Waals surface area (Å²) in [7, 11) is 1.58. The molecule has 4 heteroatoms. The molecule has 2 heterocycles. The van der Waals surface area contributed by atoms with Crippen LogP contribution in [0.15, 0.2) is 12.1 Å². The van der Waals surface area contributed by atoms with E-state index in [1.54, 1.807) is 7.11 Å². The van der Waals surface area contributed by atoms with Crippen molar-refractivity contribution in [3.8, 4) is 11.5 Å². The molecule has 3 rings (SSSR count). The zero-order chi connectivity index (χ0) is 15.7. The summed E-state index contributed by atoms with van der Waals surface area (Å²) in [5, 5.41) is 10.2. The topological polar surface area (TPSA) is 49.8 Å². The van der Waals surface area contributed by atoms with Gasteiger partial charge in [-0.1, -0.05) is 19.8 Å². The average molecular weight is 303 g/mol. The minimum Gasteiger partial charge on any atom is -0.504 e. The summed E-state index contributed by atoms with van der Waals surface area (Å²) in [5.41, 5.74) is 2.14. The molecule has 120 valence electrons. The normalized spacial score (nSPS) is 24.7. The van der Waals surface area contributed by atoms with Gasteiger partial charge in [0.15, 0.2) is 11.5 Å². The number of nitrogens with zero attached hydrogens (tertiary/aromatic N) is 1. The molecule has 1 fully saturated rings. The SMILES string of the molecule is CCCCC12CC(=O)CCN1CCc1cc(OC)c(O)cc12. The van der Waals surface area contributed by atoms with Crippen LogP contribution in [0.2, 0.25) is 0 Å². The highest BCUT2D eigenvalue weighted by Crippen LogP contribution is 2.47. The van der Waals surface area contributed by atoms with E-state index in [0.29, 0.717) is 24.4 Å². The fourth-order valence-corrected chi connectivity index (χ4v) is 4.11. The number of ketones is 1. The van der Waals surface area contributed by atoms with E-state index in [1.165, 1.54) is 5.56 Å². The van der Waals surface area contributed by atoms with Crippen molar-refractivity contribution < 1.29 is 14.6 Å². The monoisotopic (exact) mass is 303 g/mol. The van der Waals surface area contributed by atoms with Gasteiger partial charge in [0.05, 0.1) is 12.6 Å². The van der Waals surface area contributed by atoms with Crippen molar-refractivity contribution in [2.24, 2.45) is 0 Å². The van der Waals surface area contributed by atoms with Crippen LogP contribution >= 0.6 is 0 Å². The summed E-state index contributed by atoms with van der Waals surface area (Å²) in [6, 6.07) is 3.80. The number of unbranched alkanes of at least 4 members (excludes halogenated alkanes) is 1. The molecular weight excluding hydrogens is 278 g/mol. The number of fused-ring (bicyclic) bond motifs is 3. The number of methoxy groups -OCH3 is 1. The first-order chi connectivity index (χ1) is 10.6. The molecule has 0 amide bonds. The maximum Gasteiger partial charge on any atom is 0.160 e. The van der Waals surface area contributed by atoms with Crippen LogP contribution in [0.4, 0.5) is 0 Å². The maximum atomic E-state index is 12.2. The van der Waals surface area contributed by atoms with Crippen molar-refractivity contribution in [2.75, 3.05) is 20.2 Å². The Balaban J connectivity index is 2.10. The van der Waals surface area contributed by atoms with Crippen molar-refractivity contribution in [1.82, 2.24) is 4.90 Å². The van der Waals surface area contributed by atoms with Crippen molar-refractivity contribution in [3.05, 3.63) is 23.3 Å². The lowest BCUT2D eigenvalue weighted by Gasteiger charge is -2.51. The van der Waals surface area contributed by atoms with Crippen LogP contribution in [-0.2, 0) is 16.8 Å². The number of piperidine rings is 1. The molecule has 0 aliphatic carbocycles. The van der Waals surface area contributed by atoms with Crippen LogP contribution in [0.1, 0.15) is 50.2 Å². The molecule has 0 spiro atoms. The number of Topliss-reactive ketones (excluding diaryl/α,β-unsaturated/α-hetero) is 1. The van der Waals surface area contributed by atoms with Gasteiger partial charge in [-0.25, -0.2) is 0 Å². The third-order valence-electron chi connectivity index (χ3n) is 5.26. The Bertz CT molecular complexity index is 584. The van der Waals surface area contributed by atoms with Crippen molar-refractivity contribution in [2.45, 2.75) is 51.0 Å². The summed E-state index contributed by atoms with van der Waals surface area (Å²) in [4.78, 5) is 14.7. The summed E-state index contributed by atoms with van der Waals surface area (Å²) in [5.74, 6) is 1.05. The van der Waals surface area contributed by atoms with Crippen LogP contribution in [0.5, 0.6) is 11.5 Å². The lowest BCUT2D eigenvalue weighted by Crippen LogP contribution is -2.55. The van der Waals surface area contributed by atoms with E-state index in [4.69, 9.17) is 4.74 Å². The van der Waals surface area contributed by atoms with Gasteiger partial charge in [-0.2, -0.15) is 0 Å². The van der Waals surface area contributed by atoms with E-state index >= 15 is 0 Å². The molecule has 0 aromatic heterocycles. The molecule has 4 nitrogen and oxygen atoms in total. The number of carbonyl (C=O) groups excluding carboxylic acids is 1. The molecule has 1 saturated heterocycles. The molecule has 2 aliphatic heterocycles. The van der Waals surface area contributed by atoms with E-state index in [-0.39, 0.29) is 11.3 Å². The van der Waals surface area contributed by atoms with Crippen LogP contribution in [0.25, 0.3) is 0 Å². The second-order valence-electron chi connectivity index (χ2n) is 6.52. The lowest BCUT2D eigenvalue weighted by molar-refractivity contribution is -0.128. The summed E-state index contributed by atoms with van der Waals surface area (Å²) >= 11 is 0. The van der Waals surface area contributed by atoms with Crippen molar-refractivity contribution >= 4 is 5.78 Å². The number of benzene rings is 1. The van der Waals surface area contributed by atoms with E-state index in [0.717, 1.165) is 44.3 Å². The quantitative estimate of drug-likeness (QED) is 0.929. The Hall–Kier alpha value is -1.55. The zero-order valence-electron chi connectivity index (χ0n) is 13.5. The van der Waals surface area contributed by atoms with Gasteiger partial charge in [0.2, 0.25) is 0 Å². The predicted octanol–water partition coefficient (Wildman–Crippen LogP) is 3.01. The Kier molecular flexibility index (Phi) is 4.13. The van der Waals surface area contributed by atoms with Crippen molar-refractivity contribution in [1.29, 1.82) is 0 Å². The molecule has 22 heavy (non-hydrogen) atoms. The van der Waals surface area contributed by atoms with Crippen LogP contribution in [0, 0.1) is 0 Å². The Labute approximate surface area is 132 Å². The smallest absolute Gasteiger partial charge is 0.160 e. The number of carbonyl (C=O) groups is 1. The number of rotatable bonds is 4. The number of ether oxygens (including phenoxy) is 1. The molecule has 2 aliphatic rings. The Morgan fingerprint density at radius 1 is 1.32 bits per heavy atom. The van der Waals surface area contributed by atoms with Gasteiger partial charge in [0.1, 0.15) is 5.78 Å². The van der Waals surface area contributed by atoms with Gasteiger partial charge < -0.3 is 9.84 Å². The third-order valence-corrected chi connectivity index (χ3v) is 5.26.